The molecule has 16 heavy (non-hydrogen) atoms. The Morgan fingerprint density at radius 2 is 1.75 bits per heavy atom. The van der Waals surface area contributed by atoms with Crippen LogP contribution in [0.3, 0.4) is 0 Å². The quantitative estimate of drug-likeness (QED) is 0.759. The maximum absolute atomic E-state index is 10.7. The standard InChI is InChI=1S/C12H14O4/c1-7-3-4-9(8(2)5-7)6-10(11(13)14)12(15)16/h3-5,10H,6H2,1-2H3,(H,13,14)(H,15,16). The molecule has 1 aromatic rings. The summed E-state index contributed by atoms with van der Waals surface area (Å²) < 4.78 is 0. The molecule has 4 nitrogen and oxygen atoms in total. The Bertz CT molecular complexity index is 409. The summed E-state index contributed by atoms with van der Waals surface area (Å²) in [6, 6.07) is 5.54. The second-order valence-electron chi connectivity index (χ2n) is 3.86. The van der Waals surface area contributed by atoms with E-state index in [4.69, 9.17) is 10.2 Å². The molecule has 0 aliphatic carbocycles. The van der Waals surface area contributed by atoms with Crippen LogP contribution in [0.25, 0.3) is 0 Å². The average Bonchev–Trinajstić information content (AvgIpc) is 2.15. The highest BCUT2D eigenvalue weighted by Crippen LogP contribution is 2.15. The maximum atomic E-state index is 10.7. The van der Waals surface area contributed by atoms with E-state index in [1.165, 1.54) is 0 Å². The first-order chi connectivity index (χ1) is 7.41. The van der Waals surface area contributed by atoms with E-state index in [1.807, 2.05) is 26.0 Å². The lowest BCUT2D eigenvalue weighted by molar-refractivity contribution is -0.154. The summed E-state index contributed by atoms with van der Waals surface area (Å²) in [7, 11) is 0. The zero-order chi connectivity index (χ0) is 12.3. The second kappa shape index (κ2) is 4.79. The van der Waals surface area contributed by atoms with E-state index in [9.17, 15) is 9.59 Å². The smallest absolute Gasteiger partial charge is 0.318 e. The average molecular weight is 222 g/mol. The number of rotatable bonds is 4. The number of aliphatic carboxylic acids is 2. The van der Waals surface area contributed by atoms with Crippen molar-refractivity contribution in [1.29, 1.82) is 0 Å². The van der Waals surface area contributed by atoms with Crippen LogP contribution in [-0.4, -0.2) is 22.2 Å². The Balaban J connectivity index is 2.94. The van der Waals surface area contributed by atoms with Crippen LogP contribution in [0.15, 0.2) is 18.2 Å². The Labute approximate surface area is 93.5 Å². The highest BCUT2D eigenvalue weighted by atomic mass is 16.4. The number of carbonyl (C=O) groups is 2. The first-order valence-electron chi connectivity index (χ1n) is 4.93. The summed E-state index contributed by atoms with van der Waals surface area (Å²) in [5.74, 6) is -3.97. The third-order valence-electron chi connectivity index (χ3n) is 2.52. The van der Waals surface area contributed by atoms with E-state index in [1.54, 1.807) is 6.07 Å². The van der Waals surface area contributed by atoms with Gasteiger partial charge in [-0.2, -0.15) is 0 Å². The van der Waals surface area contributed by atoms with Crippen LogP contribution in [0.2, 0.25) is 0 Å². The van der Waals surface area contributed by atoms with Gasteiger partial charge in [0.05, 0.1) is 0 Å². The SMILES string of the molecule is Cc1ccc(CC(C(=O)O)C(=O)O)c(C)c1. The molecule has 0 atom stereocenters. The van der Waals surface area contributed by atoms with Crippen LogP contribution in [-0.2, 0) is 16.0 Å². The minimum absolute atomic E-state index is 0.0246. The van der Waals surface area contributed by atoms with Crippen molar-refractivity contribution in [2.45, 2.75) is 20.3 Å². The summed E-state index contributed by atoms with van der Waals surface area (Å²) in [4.78, 5) is 21.5. The van der Waals surface area contributed by atoms with Gasteiger partial charge in [-0.1, -0.05) is 23.8 Å². The number of carboxylic acid groups (broad SMARTS) is 2. The van der Waals surface area contributed by atoms with Crippen molar-refractivity contribution in [2.24, 2.45) is 5.92 Å². The molecule has 86 valence electrons. The molecule has 0 heterocycles. The van der Waals surface area contributed by atoms with Crippen molar-refractivity contribution >= 4 is 11.9 Å². The highest BCUT2D eigenvalue weighted by molar-refractivity contribution is 5.93. The lowest BCUT2D eigenvalue weighted by Gasteiger charge is -2.10. The van der Waals surface area contributed by atoms with Gasteiger partial charge in [-0.05, 0) is 31.4 Å². The van der Waals surface area contributed by atoms with Crippen molar-refractivity contribution in [3.8, 4) is 0 Å². The van der Waals surface area contributed by atoms with E-state index >= 15 is 0 Å². The minimum Gasteiger partial charge on any atom is -0.481 e. The van der Waals surface area contributed by atoms with Crippen LogP contribution >= 0.6 is 0 Å². The third kappa shape index (κ3) is 2.82. The Hall–Kier alpha value is -1.84. The van der Waals surface area contributed by atoms with Crippen LogP contribution in [0.4, 0.5) is 0 Å². The molecular weight excluding hydrogens is 208 g/mol. The largest absolute Gasteiger partial charge is 0.481 e. The predicted molar refractivity (Wildman–Crippen MR) is 58.4 cm³/mol. The van der Waals surface area contributed by atoms with Gasteiger partial charge in [-0.15, -0.1) is 0 Å². The third-order valence-corrected chi connectivity index (χ3v) is 2.52. The first kappa shape index (κ1) is 12.2. The molecule has 0 spiro atoms. The molecule has 0 aliphatic heterocycles. The highest BCUT2D eigenvalue weighted by Gasteiger charge is 2.26. The number of aryl methyl sites for hydroxylation is 2. The summed E-state index contributed by atoms with van der Waals surface area (Å²) in [6.45, 7) is 3.78. The lowest BCUT2D eigenvalue weighted by atomic mass is 9.95. The Kier molecular flexibility index (Phi) is 3.66. The fourth-order valence-corrected chi connectivity index (χ4v) is 1.57. The molecule has 0 aromatic heterocycles. The number of carboxylic acids is 2. The summed E-state index contributed by atoms with van der Waals surface area (Å²) >= 11 is 0. The lowest BCUT2D eigenvalue weighted by Crippen LogP contribution is -2.25. The van der Waals surface area contributed by atoms with E-state index in [2.05, 4.69) is 0 Å². The van der Waals surface area contributed by atoms with Crippen LogP contribution in [0.5, 0.6) is 0 Å². The van der Waals surface area contributed by atoms with Crippen LogP contribution in [0.1, 0.15) is 16.7 Å². The molecular formula is C12H14O4. The molecule has 0 saturated heterocycles. The zero-order valence-corrected chi connectivity index (χ0v) is 9.23. The molecule has 0 aliphatic rings. The first-order valence-corrected chi connectivity index (χ1v) is 4.93. The molecule has 2 N–H and O–H groups in total. The normalized spacial score (nSPS) is 10.4. The van der Waals surface area contributed by atoms with Gasteiger partial charge in [-0.3, -0.25) is 9.59 Å². The molecule has 1 rings (SSSR count). The minimum atomic E-state index is -1.37. The Morgan fingerprint density at radius 3 is 2.19 bits per heavy atom. The van der Waals surface area contributed by atoms with Gasteiger partial charge in [0.25, 0.3) is 0 Å². The van der Waals surface area contributed by atoms with Crippen LogP contribution in [0, 0.1) is 19.8 Å². The Morgan fingerprint density at radius 1 is 1.19 bits per heavy atom. The van der Waals surface area contributed by atoms with Gasteiger partial charge < -0.3 is 10.2 Å². The fourth-order valence-electron chi connectivity index (χ4n) is 1.57. The van der Waals surface area contributed by atoms with Gasteiger partial charge in [0.2, 0.25) is 0 Å². The van der Waals surface area contributed by atoms with Crippen molar-refractivity contribution in [2.75, 3.05) is 0 Å². The molecule has 0 radical (unpaired) electrons. The van der Waals surface area contributed by atoms with E-state index in [0.29, 0.717) is 0 Å². The van der Waals surface area contributed by atoms with Gasteiger partial charge in [0.15, 0.2) is 5.92 Å². The second-order valence-corrected chi connectivity index (χ2v) is 3.86. The fraction of sp³-hybridized carbons (Fsp3) is 0.333. The predicted octanol–water partition coefficient (Wildman–Crippen LogP) is 1.63. The van der Waals surface area contributed by atoms with Gasteiger partial charge >= 0.3 is 11.9 Å². The topological polar surface area (TPSA) is 74.6 Å². The molecule has 0 bridgehead atoms. The van der Waals surface area contributed by atoms with E-state index < -0.39 is 17.9 Å². The van der Waals surface area contributed by atoms with Crippen molar-refractivity contribution in [3.63, 3.8) is 0 Å². The summed E-state index contributed by atoms with van der Waals surface area (Å²) in [5, 5.41) is 17.5. The van der Waals surface area contributed by atoms with Crippen molar-refractivity contribution in [1.82, 2.24) is 0 Å². The van der Waals surface area contributed by atoms with Crippen LogP contribution < -0.4 is 0 Å². The maximum Gasteiger partial charge on any atom is 0.318 e. The number of benzene rings is 1. The number of hydrogen-bond acceptors (Lipinski definition) is 2. The molecule has 1 aromatic carbocycles. The molecule has 0 amide bonds. The van der Waals surface area contributed by atoms with Crippen molar-refractivity contribution < 1.29 is 19.8 Å². The molecule has 0 saturated carbocycles. The van der Waals surface area contributed by atoms with Gasteiger partial charge in [0, 0.05) is 0 Å². The number of hydrogen-bond donors (Lipinski definition) is 2. The summed E-state index contributed by atoms with van der Waals surface area (Å²) in [5.41, 5.74) is 2.76. The molecule has 0 unspecified atom stereocenters. The van der Waals surface area contributed by atoms with E-state index in [0.717, 1.165) is 16.7 Å². The van der Waals surface area contributed by atoms with Crippen molar-refractivity contribution in [3.05, 3.63) is 34.9 Å². The molecule has 4 heteroatoms. The van der Waals surface area contributed by atoms with E-state index in [-0.39, 0.29) is 6.42 Å². The van der Waals surface area contributed by atoms with Gasteiger partial charge in [0.1, 0.15) is 0 Å². The summed E-state index contributed by atoms with van der Waals surface area (Å²) in [6.07, 6.45) is 0.0246. The molecule has 0 fully saturated rings. The zero-order valence-electron chi connectivity index (χ0n) is 9.23. The monoisotopic (exact) mass is 222 g/mol. The van der Waals surface area contributed by atoms with Gasteiger partial charge in [-0.25, -0.2) is 0 Å².